The van der Waals surface area contributed by atoms with Crippen LogP contribution in [0.1, 0.15) is 11.3 Å². The third-order valence-corrected chi connectivity index (χ3v) is 7.31. The van der Waals surface area contributed by atoms with Crippen molar-refractivity contribution in [2.24, 2.45) is 0 Å². The number of hydrogen-bond acceptors (Lipinski definition) is 4. The number of nitrogens with zero attached hydrogens (tertiary/aromatic N) is 4. The summed E-state index contributed by atoms with van der Waals surface area (Å²) in [7, 11) is -3.56. The molecule has 0 spiro atoms. The molecule has 0 saturated carbocycles. The Labute approximate surface area is 180 Å². The van der Waals surface area contributed by atoms with E-state index < -0.39 is 10.0 Å². The highest BCUT2D eigenvalue weighted by Crippen LogP contribution is 2.20. The van der Waals surface area contributed by atoms with Gasteiger partial charge in [-0.25, -0.2) is 13.4 Å². The average molecular weight is 445 g/mol. The molecule has 4 rings (SSSR count). The van der Waals surface area contributed by atoms with Gasteiger partial charge in [-0.2, -0.15) is 4.31 Å². The normalized spacial score (nSPS) is 15.9. The van der Waals surface area contributed by atoms with Gasteiger partial charge in [-0.15, -0.1) is 0 Å². The fraction of sp³-hybridized carbons (Fsp3) is 0.238. The average Bonchev–Trinajstić information content (AvgIpc) is 3.07. The van der Waals surface area contributed by atoms with Crippen LogP contribution >= 0.6 is 11.6 Å². The summed E-state index contributed by atoms with van der Waals surface area (Å²) in [6.45, 7) is 3.08. The van der Waals surface area contributed by atoms with E-state index >= 15 is 0 Å². The van der Waals surface area contributed by atoms with Crippen LogP contribution in [0.3, 0.4) is 0 Å². The molecule has 0 bridgehead atoms. The SMILES string of the molecule is Cc1ccc(S(=O)(=O)N2CCN(C(=O)/C=C/c3c(Cl)nc4ccccn34)CC2)cc1. The minimum absolute atomic E-state index is 0.190. The maximum absolute atomic E-state index is 12.8. The number of aryl methyl sites for hydroxylation is 1. The van der Waals surface area contributed by atoms with Crippen LogP contribution in [0.4, 0.5) is 0 Å². The Bertz CT molecular complexity index is 1210. The zero-order valence-corrected chi connectivity index (χ0v) is 18.0. The number of piperazine rings is 1. The number of hydrogen-bond donors (Lipinski definition) is 0. The van der Waals surface area contributed by atoms with Crippen LogP contribution in [0.2, 0.25) is 5.15 Å². The first kappa shape index (κ1) is 20.6. The van der Waals surface area contributed by atoms with Gasteiger partial charge in [0.1, 0.15) is 5.65 Å². The number of halogens is 1. The van der Waals surface area contributed by atoms with Gasteiger partial charge >= 0.3 is 0 Å². The monoisotopic (exact) mass is 444 g/mol. The van der Waals surface area contributed by atoms with Gasteiger partial charge in [0.15, 0.2) is 5.15 Å². The van der Waals surface area contributed by atoms with Crippen molar-refractivity contribution in [2.45, 2.75) is 11.8 Å². The van der Waals surface area contributed by atoms with Crippen molar-refractivity contribution in [3.05, 3.63) is 71.1 Å². The zero-order valence-electron chi connectivity index (χ0n) is 16.4. The molecule has 156 valence electrons. The van der Waals surface area contributed by atoms with Crippen LogP contribution in [-0.4, -0.2) is 59.1 Å². The number of aromatic nitrogens is 2. The van der Waals surface area contributed by atoms with E-state index in [1.165, 1.54) is 10.4 Å². The van der Waals surface area contributed by atoms with E-state index in [9.17, 15) is 13.2 Å². The van der Waals surface area contributed by atoms with E-state index in [1.807, 2.05) is 31.3 Å². The number of fused-ring (bicyclic) bond motifs is 1. The minimum Gasteiger partial charge on any atom is -0.337 e. The lowest BCUT2D eigenvalue weighted by Gasteiger charge is -2.33. The molecule has 7 nitrogen and oxygen atoms in total. The molecular weight excluding hydrogens is 424 g/mol. The fourth-order valence-corrected chi connectivity index (χ4v) is 5.06. The van der Waals surface area contributed by atoms with Crippen molar-refractivity contribution < 1.29 is 13.2 Å². The third-order valence-electron chi connectivity index (χ3n) is 5.11. The van der Waals surface area contributed by atoms with Crippen molar-refractivity contribution in [3.8, 4) is 0 Å². The van der Waals surface area contributed by atoms with Gasteiger partial charge in [0.2, 0.25) is 15.9 Å². The predicted octanol–water partition coefficient (Wildman–Crippen LogP) is 2.84. The van der Waals surface area contributed by atoms with Crippen LogP contribution in [-0.2, 0) is 14.8 Å². The molecule has 2 aromatic heterocycles. The summed E-state index contributed by atoms with van der Waals surface area (Å²) in [4.78, 5) is 18.8. The molecule has 0 radical (unpaired) electrons. The second-order valence-electron chi connectivity index (χ2n) is 7.09. The molecular formula is C21H21ClN4O3S. The Kier molecular flexibility index (Phi) is 5.64. The highest BCUT2D eigenvalue weighted by atomic mass is 35.5. The van der Waals surface area contributed by atoms with Crippen LogP contribution < -0.4 is 0 Å². The van der Waals surface area contributed by atoms with E-state index in [2.05, 4.69) is 4.98 Å². The lowest BCUT2D eigenvalue weighted by Crippen LogP contribution is -2.50. The number of benzene rings is 1. The van der Waals surface area contributed by atoms with Gasteiger partial charge in [0.05, 0.1) is 10.6 Å². The van der Waals surface area contributed by atoms with Crippen LogP contribution in [0.5, 0.6) is 0 Å². The Morgan fingerprint density at radius 3 is 2.47 bits per heavy atom. The Hall–Kier alpha value is -2.68. The summed E-state index contributed by atoms with van der Waals surface area (Å²) in [6.07, 6.45) is 4.92. The fourth-order valence-electron chi connectivity index (χ4n) is 3.40. The van der Waals surface area contributed by atoms with Gasteiger partial charge in [-0.3, -0.25) is 9.20 Å². The number of amides is 1. The van der Waals surface area contributed by atoms with Crippen molar-refractivity contribution in [1.82, 2.24) is 18.6 Å². The van der Waals surface area contributed by atoms with Gasteiger partial charge in [0.25, 0.3) is 0 Å². The predicted molar refractivity (Wildman–Crippen MR) is 116 cm³/mol. The Morgan fingerprint density at radius 2 is 1.77 bits per heavy atom. The first-order chi connectivity index (χ1) is 14.4. The molecule has 30 heavy (non-hydrogen) atoms. The highest BCUT2D eigenvalue weighted by Gasteiger charge is 2.29. The summed E-state index contributed by atoms with van der Waals surface area (Å²) in [5.41, 5.74) is 2.33. The summed E-state index contributed by atoms with van der Waals surface area (Å²) >= 11 is 6.19. The van der Waals surface area contributed by atoms with E-state index in [-0.39, 0.29) is 23.9 Å². The Morgan fingerprint density at radius 1 is 1.07 bits per heavy atom. The van der Waals surface area contributed by atoms with Gasteiger partial charge in [0, 0.05) is 38.5 Å². The van der Waals surface area contributed by atoms with Gasteiger partial charge < -0.3 is 4.90 Å². The van der Waals surface area contributed by atoms with Crippen molar-refractivity contribution in [1.29, 1.82) is 0 Å². The van der Waals surface area contributed by atoms with E-state index in [4.69, 9.17) is 11.6 Å². The molecule has 1 aliphatic heterocycles. The van der Waals surface area contributed by atoms with Gasteiger partial charge in [-0.1, -0.05) is 35.4 Å². The summed E-state index contributed by atoms with van der Waals surface area (Å²) in [5.74, 6) is -0.190. The van der Waals surface area contributed by atoms with Gasteiger partial charge in [-0.05, 0) is 37.3 Å². The van der Waals surface area contributed by atoms with Crippen LogP contribution in [0.15, 0.2) is 59.6 Å². The van der Waals surface area contributed by atoms with E-state index in [0.29, 0.717) is 29.6 Å². The standard InChI is InChI=1S/C21H21ClN4O3S/c1-16-5-7-17(8-6-16)30(28,29)25-14-12-24(13-15-25)20(27)10-9-18-21(22)23-19-4-2-3-11-26(18)19/h2-11H,12-15H2,1H3/b10-9+. The zero-order chi connectivity index (χ0) is 21.3. The number of carbonyl (C=O) groups is 1. The first-order valence-corrected chi connectivity index (χ1v) is 11.3. The quantitative estimate of drug-likeness (QED) is 0.580. The van der Waals surface area contributed by atoms with E-state index in [0.717, 1.165) is 5.56 Å². The lowest BCUT2D eigenvalue weighted by atomic mass is 10.2. The maximum Gasteiger partial charge on any atom is 0.246 e. The number of imidazole rings is 1. The number of rotatable bonds is 4. The first-order valence-electron chi connectivity index (χ1n) is 9.53. The topological polar surface area (TPSA) is 75.0 Å². The lowest BCUT2D eigenvalue weighted by molar-refractivity contribution is -0.127. The second kappa shape index (κ2) is 8.22. The molecule has 1 amide bonds. The molecule has 0 atom stereocenters. The second-order valence-corrected chi connectivity index (χ2v) is 9.39. The summed E-state index contributed by atoms with van der Waals surface area (Å²) in [5, 5.41) is 0.319. The van der Waals surface area contributed by atoms with E-state index in [1.54, 1.807) is 39.6 Å². The molecule has 3 aromatic rings. The maximum atomic E-state index is 12.8. The van der Waals surface area contributed by atoms with Crippen molar-refractivity contribution >= 4 is 39.3 Å². The third kappa shape index (κ3) is 3.98. The van der Waals surface area contributed by atoms with Crippen LogP contribution in [0, 0.1) is 6.92 Å². The largest absolute Gasteiger partial charge is 0.337 e. The number of sulfonamides is 1. The summed E-state index contributed by atoms with van der Waals surface area (Å²) in [6, 6.07) is 12.3. The molecule has 1 aliphatic rings. The molecule has 3 heterocycles. The molecule has 1 saturated heterocycles. The molecule has 9 heteroatoms. The minimum atomic E-state index is -3.56. The van der Waals surface area contributed by atoms with Crippen molar-refractivity contribution in [2.75, 3.05) is 26.2 Å². The molecule has 0 aliphatic carbocycles. The number of carbonyl (C=O) groups excluding carboxylic acids is 1. The molecule has 0 N–H and O–H groups in total. The highest BCUT2D eigenvalue weighted by molar-refractivity contribution is 7.89. The summed E-state index contributed by atoms with van der Waals surface area (Å²) < 4.78 is 28.8. The smallest absolute Gasteiger partial charge is 0.246 e. The molecule has 1 aromatic carbocycles. The van der Waals surface area contributed by atoms with Crippen molar-refractivity contribution in [3.63, 3.8) is 0 Å². The Balaban J connectivity index is 1.42. The molecule has 1 fully saturated rings. The number of pyridine rings is 1. The van der Waals surface area contributed by atoms with Crippen LogP contribution in [0.25, 0.3) is 11.7 Å². The molecule has 0 unspecified atom stereocenters.